The summed E-state index contributed by atoms with van der Waals surface area (Å²) in [5.41, 5.74) is 6.02. The number of hydrogen-bond donors (Lipinski definition) is 1. The maximum Gasteiger partial charge on any atom is 0.191 e. The Morgan fingerprint density at radius 2 is 2.00 bits per heavy atom. The first-order chi connectivity index (χ1) is 8.26. The Bertz CT molecular complexity index is 271. The van der Waals surface area contributed by atoms with Gasteiger partial charge in [0, 0.05) is 31.7 Å². The number of nitrogens with zero attached hydrogens (tertiary/aromatic N) is 2. The van der Waals surface area contributed by atoms with Gasteiger partial charge in [-0.25, -0.2) is 0 Å². The SMILES string of the molecule is COC1(CN=C(N)N2CCSCC2)CCCC1. The van der Waals surface area contributed by atoms with Crippen LogP contribution >= 0.6 is 11.8 Å². The number of guanidine groups is 1. The molecule has 0 aromatic heterocycles. The van der Waals surface area contributed by atoms with Crippen molar-refractivity contribution < 1.29 is 4.74 Å². The number of methoxy groups -OCH3 is 1. The second-order valence-corrected chi connectivity index (χ2v) is 6.09. The predicted molar refractivity (Wildman–Crippen MR) is 73.6 cm³/mol. The van der Waals surface area contributed by atoms with Crippen molar-refractivity contribution in [3.63, 3.8) is 0 Å². The minimum Gasteiger partial charge on any atom is -0.376 e. The smallest absolute Gasteiger partial charge is 0.191 e. The molecule has 98 valence electrons. The van der Waals surface area contributed by atoms with Gasteiger partial charge in [-0.05, 0) is 12.8 Å². The molecule has 1 aliphatic carbocycles. The van der Waals surface area contributed by atoms with E-state index in [0.29, 0.717) is 5.96 Å². The molecule has 2 N–H and O–H groups in total. The Morgan fingerprint density at radius 1 is 1.35 bits per heavy atom. The highest BCUT2D eigenvalue weighted by molar-refractivity contribution is 7.99. The summed E-state index contributed by atoms with van der Waals surface area (Å²) in [6.45, 7) is 2.78. The van der Waals surface area contributed by atoms with Crippen LogP contribution in [0.2, 0.25) is 0 Å². The van der Waals surface area contributed by atoms with Gasteiger partial charge in [0.15, 0.2) is 5.96 Å². The Morgan fingerprint density at radius 3 is 2.59 bits per heavy atom. The number of thioether (sulfide) groups is 1. The molecule has 0 spiro atoms. The molecule has 5 heteroatoms. The lowest BCUT2D eigenvalue weighted by Gasteiger charge is -2.29. The highest BCUT2D eigenvalue weighted by atomic mass is 32.2. The lowest BCUT2D eigenvalue weighted by molar-refractivity contribution is 0.00409. The van der Waals surface area contributed by atoms with Crippen molar-refractivity contribution in [1.29, 1.82) is 0 Å². The number of aliphatic imine (C=N–C) groups is 1. The van der Waals surface area contributed by atoms with Crippen LogP contribution in [0.25, 0.3) is 0 Å². The molecule has 4 nitrogen and oxygen atoms in total. The fourth-order valence-electron chi connectivity index (χ4n) is 2.56. The molecule has 0 radical (unpaired) electrons. The third-order valence-electron chi connectivity index (χ3n) is 3.81. The molecule has 0 bridgehead atoms. The number of nitrogens with two attached hydrogens (primary N) is 1. The van der Waals surface area contributed by atoms with E-state index in [1.165, 1.54) is 12.8 Å². The minimum absolute atomic E-state index is 0.0326. The van der Waals surface area contributed by atoms with Crippen molar-refractivity contribution in [2.45, 2.75) is 31.3 Å². The van der Waals surface area contributed by atoms with Gasteiger partial charge < -0.3 is 15.4 Å². The van der Waals surface area contributed by atoms with E-state index in [2.05, 4.69) is 9.89 Å². The second kappa shape index (κ2) is 5.96. The van der Waals surface area contributed by atoms with Crippen LogP contribution in [-0.4, -0.2) is 54.7 Å². The van der Waals surface area contributed by atoms with E-state index in [4.69, 9.17) is 10.5 Å². The van der Waals surface area contributed by atoms with Crippen LogP contribution in [0.5, 0.6) is 0 Å². The van der Waals surface area contributed by atoms with Crippen LogP contribution in [0.3, 0.4) is 0 Å². The third kappa shape index (κ3) is 3.28. The molecule has 2 rings (SSSR count). The monoisotopic (exact) mass is 257 g/mol. The molecule has 0 aromatic rings. The van der Waals surface area contributed by atoms with Gasteiger partial charge in [-0.3, -0.25) is 4.99 Å². The van der Waals surface area contributed by atoms with Crippen LogP contribution in [-0.2, 0) is 4.74 Å². The van der Waals surface area contributed by atoms with Gasteiger partial charge in [-0.2, -0.15) is 11.8 Å². The van der Waals surface area contributed by atoms with E-state index in [0.717, 1.165) is 44.0 Å². The third-order valence-corrected chi connectivity index (χ3v) is 4.75. The summed E-state index contributed by atoms with van der Waals surface area (Å²) in [5.74, 6) is 3.02. The summed E-state index contributed by atoms with van der Waals surface area (Å²) in [7, 11) is 1.80. The molecule has 2 fully saturated rings. The molecule has 0 aromatic carbocycles. The zero-order chi connectivity index (χ0) is 12.1. The molecular weight excluding hydrogens is 234 g/mol. The van der Waals surface area contributed by atoms with Crippen LogP contribution in [0.15, 0.2) is 4.99 Å². The van der Waals surface area contributed by atoms with Crippen molar-refractivity contribution in [2.24, 2.45) is 10.7 Å². The van der Waals surface area contributed by atoms with E-state index < -0.39 is 0 Å². The average molecular weight is 257 g/mol. The summed E-state index contributed by atoms with van der Waals surface area (Å²) in [6, 6.07) is 0. The van der Waals surface area contributed by atoms with Crippen molar-refractivity contribution in [3.8, 4) is 0 Å². The van der Waals surface area contributed by atoms with E-state index in [9.17, 15) is 0 Å². The Kier molecular flexibility index (Phi) is 4.56. The minimum atomic E-state index is -0.0326. The lowest BCUT2D eigenvalue weighted by atomic mass is 10.0. The van der Waals surface area contributed by atoms with Crippen molar-refractivity contribution in [3.05, 3.63) is 0 Å². The van der Waals surface area contributed by atoms with Gasteiger partial charge in [-0.1, -0.05) is 12.8 Å². The number of hydrogen-bond acceptors (Lipinski definition) is 3. The summed E-state index contributed by atoms with van der Waals surface area (Å²) < 4.78 is 5.65. The number of rotatable bonds is 3. The zero-order valence-electron chi connectivity index (χ0n) is 10.7. The maximum absolute atomic E-state index is 6.05. The Hall–Kier alpha value is -0.420. The first kappa shape index (κ1) is 13.0. The van der Waals surface area contributed by atoms with Crippen LogP contribution in [0.1, 0.15) is 25.7 Å². The summed E-state index contributed by atoms with van der Waals surface area (Å²) in [6.07, 6.45) is 4.75. The van der Waals surface area contributed by atoms with Crippen LogP contribution in [0.4, 0.5) is 0 Å². The Balaban J connectivity index is 1.89. The summed E-state index contributed by atoms with van der Waals surface area (Å²) in [5, 5.41) is 0. The highest BCUT2D eigenvalue weighted by Crippen LogP contribution is 2.32. The van der Waals surface area contributed by atoms with Crippen molar-refractivity contribution in [1.82, 2.24) is 4.90 Å². The molecular formula is C12H23N3OS. The van der Waals surface area contributed by atoms with Gasteiger partial charge >= 0.3 is 0 Å². The quantitative estimate of drug-likeness (QED) is 0.612. The molecule has 0 unspecified atom stereocenters. The van der Waals surface area contributed by atoms with Crippen LogP contribution < -0.4 is 5.73 Å². The lowest BCUT2D eigenvalue weighted by Crippen LogP contribution is -2.43. The van der Waals surface area contributed by atoms with E-state index in [1.54, 1.807) is 7.11 Å². The molecule has 1 aliphatic heterocycles. The summed E-state index contributed by atoms with van der Waals surface area (Å²) >= 11 is 1.99. The zero-order valence-corrected chi connectivity index (χ0v) is 11.5. The largest absolute Gasteiger partial charge is 0.376 e. The fourth-order valence-corrected chi connectivity index (χ4v) is 3.47. The Labute approximate surface area is 108 Å². The van der Waals surface area contributed by atoms with Crippen molar-refractivity contribution >= 4 is 17.7 Å². The molecule has 0 atom stereocenters. The van der Waals surface area contributed by atoms with Gasteiger partial charge in [0.25, 0.3) is 0 Å². The molecule has 17 heavy (non-hydrogen) atoms. The normalized spacial score (nSPS) is 25.2. The summed E-state index contributed by atoms with van der Waals surface area (Å²) in [4.78, 5) is 6.75. The highest BCUT2D eigenvalue weighted by Gasteiger charge is 2.33. The first-order valence-corrected chi connectivity index (χ1v) is 7.59. The molecule has 1 saturated heterocycles. The molecule has 0 amide bonds. The standard InChI is InChI=1S/C12H23N3OS/c1-16-12(4-2-3-5-12)10-14-11(13)15-6-8-17-9-7-15/h2-10H2,1H3,(H2,13,14). The predicted octanol–water partition coefficient (Wildman–Crippen LogP) is 1.31. The molecule has 1 heterocycles. The van der Waals surface area contributed by atoms with Gasteiger partial charge in [0.1, 0.15) is 0 Å². The molecule has 2 aliphatic rings. The van der Waals surface area contributed by atoms with Crippen LogP contribution in [0, 0.1) is 0 Å². The number of ether oxygens (including phenoxy) is 1. The average Bonchev–Trinajstić information content (AvgIpc) is 2.86. The van der Waals surface area contributed by atoms with E-state index in [1.807, 2.05) is 11.8 Å². The second-order valence-electron chi connectivity index (χ2n) is 4.87. The fraction of sp³-hybridized carbons (Fsp3) is 0.917. The van der Waals surface area contributed by atoms with E-state index >= 15 is 0 Å². The maximum atomic E-state index is 6.05. The van der Waals surface area contributed by atoms with Crippen molar-refractivity contribution in [2.75, 3.05) is 38.2 Å². The molecule has 1 saturated carbocycles. The van der Waals surface area contributed by atoms with Gasteiger partial charge in [0.2, 0.25) is 0 Å². The van der Waals surface area contributed by atoms with Gasteiger partial charge in [-0.15, -0.1) is 0 Å². The van der Waals surface area contributed by atoms with Gasteiger partial charge in [0.05, 0.1) is 12.1 Å². The first-order valence-electron chi connectivity index (χ1n) is 6.43. The van der Waals surface area contributed by atoms with E-state index in [-0.39, 0.29) is 5.60 Å². The topological polar surface area (TPSA) is 50.9 Å².